The zero-order chi connectivity index (χ0) is 22.0. The normalized spacial score (nSPS) is 12.3. The third-order valence-electron chi connectivity index (χ3n) is 6.52. The van der Waals surface area contributed by atoms with Crippen LogP contribution in [0.2, 0.25) is 0 Å². The maximum Gasteiger partial charge on any atom is 0.221 e. The molecule has 0 aliphatic heterocycles. The molecule has 0 unspecified atom stereocenters. The van der Waals surface area contributed by atoms with Gasteiger partial charge in [0.25, 0.3) is 0 Å². The maximum absolute atomic E-state index is 5.09. The van der Waals surface area contributed by atoms with Crippen molar-refractivity contribution >= 4 is 33.4 Å². The van der Waals surface area contributed by atoms with E-state index in [1.54, 1.807) is 0 Å². The Kier molecular flexibility index (Phi) is 4.12. The van der Waals surface area contributed by atoms with Gasteiger partial charge in [-0.3, -0.25) is 8.80 Å². The molecular weight excluding hydrogens is 392 g/mol. The second kappa shape index (κ2) is 6.92. The van der Waals surface area contributed by atoms with Crippen molar-refractivity contribution in [2.24, 2.45) is 0 Å². The molecule has 0 N–H and O–H groups in total. The van der Waals surface area contributed by atoms with Crippen molar-refractivity contribution in [2.45, 2.75) is 39.5 Å². The summed E-state index contributed by atoms with van der Waals surface area (Å²) in [6, 6.07) is 23.5. The van der Waals surface area contributed by atoms with E-state index in [4.69, 9.17) is 9.97 Å². The molecular formula is C28H26N4. The molecule has 3 heterocycles. The molecule has 0 atom stereocenters. The lowest BCUT2D eigenvalue weighted by atomic mass is 9.87. The molecule has 4 heteroatoms. The largest absolute Gasteiger partial charge is 0.277 e. The first-order valence-corrected chi connectivity index (χ1v) is 11.3. The van der Waals surface area contributed by atoms with Crippen LogP contribution in [0, 0.1) is 0 Å². The fourth-order valence-electron chi connectivity index (χ4n) is 5.03. The van der Waals surface area contributed by atoms with E-state index >= 15 is 0 Å². The van der Waals surface area contributed by atoms with E-state index in [1.165, 1.54) is 16.7 Å². The van der Waals surface area contributed by atoms with E-state index in [0.717, 1.165) is 39.1 Å². The number of nitrogens with zero attached hydrogens (tertiary/aromatic N) is 4. The number of hydrogen-bond donors (Lipinski definition) is 0. The Morgan fingerprint density at radius 1 is 0.688 bits per heavy atom. The Morgan fingerprint density at radius 2 is 1.34 bits per heavy atom. The highest BCUT2D eigenvalue weighted by molar-refractivity contribution is 5.98. The van der Waals surface area contributed by atoms with Crippen LogP contribution >= 0.6 is 0 Å². The van der Waals surface area contributed by atoms with Crippen molar-refractivity contribution in [3.8, 4) is 11.3 Å². The molecule has 32 heavy (non-hydrogen) atoms. The summed E-state index contributed by atoms with van der Waals surface area (Å²) in [5.74, 6) is 1.72. The molecule has 0 bridgehead atoms. The van der Waals surface area contributed by atoms with Crippen molar-refractivity contribution < 1.29 is 0 Å². The fraction of sp³-hybridized carbons (Fsp3) is 0.214. The Hall–Kier alpha value is -3.66. The van der Waals surface area contributed by atoms with E-state index in [0.29, 0.717) is 11.8 Å². The topological polar surface area (TPSA) is 34.6 Å². The third-order valence-corrected chi connectivity index (χ3v) is 6.52. The molecule has 0 radical (unpaired) electrons. The summed E-state index contributed by atoms with van der Waals surface area (Å²) in [7, 11) is 0. The molecule has 4 nitrogen and oxygen atoms in total. The van der Waals surface area contributed by atoms with Crippen LogP contribution in [0.4, 0.5) is 0 Å². The number of imidazole rings is 2. The highest BCUT2D eigenvalue weighted by Gasteiger charge is 2.22. The number of para-hydroxylation sites is 3. The molecule has 0 saturated carbocycles. The summed E-state index contributed by atoms with van der Waals surface area (Å²) >= 11 is 0. The van der Waals surface area contributed by atoms with Crippen LogP contribution in [0.1, 0.15) is 50.7 Å². The number of benzene rings is 3. The molecule has 0 aliphatic carbocycles. The summed E-state index contributed by atoms with van der Waals surface area (Å²) in [5, 5.41) is 1.13. The van der Waals surface area contributed by atoms with Gasteiger partial charge in [0.05, 0.1) is 28.4 Å². The molecule has 6 aromatic rings. The third kappa shape index (κ3) is 2.56. The molecule has 6 rings (SSSR count). The highest BCUT2D eigenvalue weighted by atomic mass is 15.2. The monoisotopic (exact) mass is 418 g/mol. The van der Waals surface area contributed by atoms with E-state index in [-0.39, 0.29) is 0 Å². The van der Waals surface area contributed by atoms with Crippen LogP contribution in [0.15, 0.2) is 72.9 Å². The second-order valence-electron chi connectivity index (χ2n) is 9.18. The lowest BCUT2D eigenvalue weighted by Crippen LogP contribution is -2.04. The summed E-state index contributed by atoms with van der Waals surface area (Å²) in [6.07, 6.45) is 2.04. The summed E-state index contributed by atoms with van der Waals surface area (Å²) in [4.78, 5) is 10.0. The Morgan fingerprint density at radius 3 is 2.06 bits per heavy atom. The molecule has 0 fully saturated rings. The Bertz CT molecular complexity index is 1610. The predicted molar refractivity (Wildman–Crippen MR) is 133 cm³/mol. The standard InChI is InChI=1S/C28H26N4/c1-17(2)19-11-9-12-20(18(3)4)26(19)25-16-29-27-21-10-5-7-14-23(21)31-24-15-8-6-13-22(24)30-28(31)32(25)27/h5-18H,1-4H3. The number of aromatic nitrogens is 4. The molecule has 0 amide bonds. The van der Waals surface area contributed by atoms with E-state index in [9.17, 15) is 0 Å². The van der Waals surface area contributed by atoms with E-state index in [2.05, 4.69) is 97.2 Å². The van der Waals surface area contributed by atoms with Crippen LogP contribution in [0.5, 0.6) is 0 Å². The molecule has 0 saturated heterocycles. The average molecular weight is 419 g/mol. The van der Waals surface area contributed by atoms with Crippen LogP contribution < -0.4 is 0 Å². The second-order valence-corrected chi connectivity index (χ2v) is 9.18. The van der Waals surface area contributed by atoms with Crippen LogP contribution in [-0.4, -0.2) is 18.8 Å². The SMILES string of the molecule is CC(C)c1cccc(C(C)C)c1-c1cnc2c3ccccc3n3c4ccccc4nc3n12. The van der Waals surface area contributed by atoms with Crippen molar-refractivity contribution in [3.05, 3.63) is 84.1 Å². The molecule has 0 aliphatic rings. The van der Waals surface area contributed by atoms with Crippen LogP contribution in [-0.2, 0) is 0 Å². The summed E-state index contributed by atoms with van der Waals surface area (Å²) in [5.41, 5.74) is 9.27. The van der Waals surface area contributed by atoms with Gasteiger partial charge in [-0.2, -0.15) is 0 Å². The van der Waals surface area contributed by atoms with Gasteiger partial charge in [-0.25, -0.2) is 9.97 Å². The lowest BCUT2D eigenvalue weighted by molar-refractivity contribution is 0.836. The maximum atomic E-state index is 5.09. The van der Waals surface area contributed by atoms with Gasteiger partial charge in [0, 0.05) is 10.9 Å². The molecule has 158 valence electrons. The van der Waals surface area contributed by atoms with Crippen molar-refractivity contribution in [2.75, 3.05) is 0 Å². The van der Waals surface area contributed by atoms with Gasteiger partial charge in [0.15, 0.2) is 0 Å². The Labute approximate surface area is 187 Å². The first-order chi connectivity index (χ1) is 15.6. The number of hydrogen-bond acceptors (Lipinski definition) is 2. The minimum Gasteiger partial charge on any atom is -0.277 e. The number of fused-ring (bicyclic) bond motifs is 8. The van der Waals surface area contributed by atoms with Gasteiger partial charge >= 0.3 is 0 Å². The quantitative estimate of drug-likeness (QED) is 0.304. The van der Waals surface area contributed by atoms with Gasteiger partial charge in [-0.05, 0) is 47.2 Å². The highest BCUT2D eigenvalue weighted by Crippen LogP contribution is 2.38. The van der Waals surface area contributed by atoms with Crippen molar-refractivity contribution in [1.82, 2.24) is 18.8 Å². The van der Waals surface area contributed by atoms with Gasteiger partial charge in [0.1, 0.15) is 5.65 Å². The van der Waals surface area contributed by atoms with E-state index < -0.39 is 0 Å². The summed E-state index contributed by atoms with van der Waals surface area (Å²) < 4.78 is 4.53. The minimum atomic E-state index is 0.407. The molecule has 3 aromatic heterocycles. The van der Waals surface area contributed by atoms with Gasteiger partial charge < -0.3 is 0 Å². The van der Waals surface area contributed by atoms with Crippen LogP contribution in [0.3, 0.4) is 0 Å². The average Bonchev–Trinajstić information content (AvgIpc) is 3.40. The van der Waals surface area contributed by atoms with Gasteiger partial charge in [-0.15, -0.1) is 0 Å². The Balaban J connectivity index is 1.87. The molecule has 0 spiro atoms. The van der Waals surface area contributed by atoms with Crippen molar-refractivity contribution in [1.29, 1.82) is 0 Å². The van der Waals surface area contributed by atoms with E-state index in [1.807, 2.05) is 12.3 Å². The van der Waals surface area contributed by atoms with Crippen LogP contribution in [0.25, 0.3) is 44.6 Å². The smallest absolute Gasteiger partial charge is 0.221 e. The zero-order valence-corrected chi connectivity index (χ0v) is 18.9. The minimum absolute atomic E-state index is 0.407. The lowest BCUT2D eigenvalue weighted by Gasteiger charge is -2.20. The number of rotatable bonds is 3. The predicted octanol–water partition coefficient (Wildman–Crippen LogP) is 7.20. The zero-order valence-electron chi connectivity index (χ0n) is 18.9. The summed E-state index contributed by atoms with van der Waals surface area (Å²) in [6.45, 7) is 9.06. The fourth-order valence-corrected chi connectivity index (χ4v) is 5.03. The van der Waals surface area contributed by atoms with Gasteiger partial charge in [0.2, 0.25) is 5.78 Å². The van der Waals surface area contributed by atoms with Gasteiger partial charge in [-0.1, -0.05) is 70.2 Å². The molecule has 3 aromatic carbocycles. The first kappa shape index (κ1) is 19.1. The first-order valence-electron chi connectivity index (χ1n) is 11.3. The van der Waals surface area contributed by atoms with Crippen molar-refractivity contribution in [3.63, 3.8) is 0 Å².